The Bertz CT molecular complexity index is 228. The van der Waals surface area contributed by atoms with Crippen molar-refractivity contribution in [2.45, 2.75) is 39.7 Å². The zero-order chi connectivity index (χ0) is 12.4. The fraction of sp³-hybridized carbons (Fsp3) is 1.00. The normalized spacial score (nSPS) is 30.0. The molecule has 1 fully saturated rings. The highest BCUT2D eigenvalue weighted by Gasteiger charge is 2.48. The Hall–Kier alpha value is 0.270. The Morgan fingerprint density at radius 2 is 2.00 bits per heavy atom. The molecule has 0 aromatic carbocycles. The summed E-state index contributed by atoms with van der Waals surface area (Å²) in [5, 5.41) is 0. The first kappa shape index (κ1) is 14.3. The van der Waals surface area contributed by atoms with Gasteiger partial charge in [-0.3, -0.25) is 4.90 Å². The molecule has 2 nitrogen and oxygen atoms in total. The van der Waals surface area contributed by atoms with E-state index in [1.807, 2.05) is 0 Å². The number of nitrogens with zero attached hydrogens (tertiary/aromatic N) is 1. The van der Waals surface area contributed by atoms with Crippen LogP contribution >= 0.6 is 11.8 Å². The number of rotatable bonds is 4. The summed E-state index contributed by atoms with van der Waals surface area (Å²) in [6.07, 6.45) is 1.28. The maximum Gasteiger partial charge on any atom is 0.0470 e. The van der Waals surface area contributed by atoms with Crippen LogP contribution in [0.1, 0.15) is 34.1 Å². The summed E-state index contributed by atoms with van der Waals surface area (Å²) in [7, 11) is 2.25. The lowest BCUT2D eigenvalue weighted by Gasteiger charge is -2.55. The van der Waals surface area contributed by atoms with Gasteiger partial charge >= 0.3 is 0 Å². The van der Waals surface area contributed by atoms with Gasteiger partial charge in [-0.25, -0.2) is 0 Å². The monoisotopic (exact) mass is 244 g/mol. The molecule has 0 aliphatic carbocycles. The Labute approximate surface area is 105 Å². The topological polar surface area (TPSA) is 29.3 Å². The van der Waals surface area contributed by atoms with Crippen LogP contribution in [0.4, 0.5) is 0 Å². The van der Waals surface area contributed by atoms with E-state index in [1.54, 1.807) is 0 Å². The molecule has 1 saturated heterocycles. The third-order valence-corrected chi connectivity index (χ3v) is 5.35. The van der Waals surface area contributed by atoms with E-state index < -0.39 is 0 Å². The molecule has 1 atom stereocenters. The van der Waals surface area contributed by atoms with Crippen molar-refractivity contribution in [3.63, 3.8) is 0 Å². The molecule has 1 unspecified atom stereocenters. The summed E-state index contributed by atoms with van der Waals surface area (Å²) < 4.78 is 0. The van der Waals surface area contributed by atoms with Crippen LogP contribution in [-0.4, -0.2) is 42.1 Å². The minimum absolute atomic E-state index is 0.181. The van der Waals surface area contributed by atoms with Gasteiger partial charge in [0.05, 0.1) is 0 Å². The van der Waals surface area contributed by atoms with E-state index >= 15 is 0 Å². The van der Waals surface area contributed by atoms with Crippen molar-refractivity contribution >= 4 is 11.8 Å². The molecule has 1 rings (SSSR count). The van der Waals surface area contributed by atoms with Crippen molar-refractivity contribution in [1.29, 1.82) is 0 Å². The Morgan fingerprint density at radius 1 is 1.38 bits per heavy atom. The van der Waals surface area contributed by atoms with Crippen LogP contribution in [0.5, 0.6) is 0 Å². The van der Waals surface area contributed by atoms with E-state index in [2.05, 4.69) is 51.4 Å². The Kier molecular flexibility index (Phi) is 4.73. The largest absolute Gasteiger partial charge is 0.329 e. The second-order valence-corrected chi connectivity index (χ2v) is 7.30. The second-order valence-electron chi connectivity index (χ2n) is 6.20. The fourth-order valence-electron chi connectivity index (χ4n) is 2.84. The third-order valence-electron chi connectivity index (χ3n) is 4.18. The van der Waals surface area contributed by atoms with Crippen LogP contribution < -0.4 is 5.73 Å². The van der Waals surface area contributed by atoms with Crippen LogP contribution in [0.3, 0.4) is 0 Å². The van der Waals surface area contributed by atoms with Crippen LogP contribution in [0.2, 0.25) is 0 Å². The van der Waals surface area contributed by atoms with Gasteiger partial charge in [0, 0.05) is 24.4 Å². The molecule has 0 radical (unpaired) electrons. The van der Waals surface area contributed by atoms with E-state index in [4.69, 9.17) is 5.73 Å². The predicted octanol–water partition coefficient (Wildman–Crippen LogP) is 2.43. The molecule has 16 heavy (non-hydrogen) atoms. The Balaban J connectivity index is 2.89. The SMILES string of the molecule is CC(C)CN(C)C1(CN)CSCCC1(C)C. The maximum atomic E-state index is 6.14. The predicted molar refractivity (Wildman–Crippen MR) is 75.0 cm³/mol. The third kappa shape index (κ3) is 2.57. The van der Waals surface area contributed by atoms with Gasteiger partial charge in [-0.1, -0.05) is 27.7 Å². The molecular formula is C13H28N2S. The van der Waals surface area contributed by atoms with Gasteiger partial charge in [-0.05, 0) is 30.6 Å². The summed E-state index contributed by atoms with van der Waals surface area (Å²) in [4.78, 5) is 2.52. The molecule has 0 amide bonds. The summed E-state index contributed by atoms with van der Waals surface area (Å²) in [5.74, 6) is 3.17. The van der Waals surface area contributed by atoms with Crippen LogP contribution in [-0.2, 0) is 0 Å². The van der Waals surface area contributed by atoms with E-state index in [1.165, 1.54) is 17.9 Å². The van der Waals surface area contributed by atoms with Gasteiger partial charge in [0.15, 0.2) is 0 Å². The molecule has 1 aliphatic rings. The number of likely N-dealkylation sites (N-methyl/N-ethyl adjacent to an activating group) is 1. The molecule has 0 aromatic heterocycles. The van der Waals surface area contributed by atoms with Crippen LogP contribution in [0.25, 0.3) is 0 Å². The molecule has 96 valence electrons. The van der Waals surface area contributed by atoms with E-state index in [0.717, 1.165) is 13.1 Å². The van der Waals surface area contributed by atoms with Crippen molar-refractivity contribution in [2.24, 2.45) is 17.1 Å². The lowest BCUT2D eigenvalue weighted by molar-refractivity contribution is 0.0133. The van der Waals surface area contributed by atoms with E-state index in [0.29, 0.717) is 11.3 Å². The van der Waals surface area contributed by atoms with Gasteiger partial charge in [-0.15, -0.1) is 0 Å². The van der Waals surface area contributed by atoms with Gasteiger partial charge in [0.2, 0.25) is 0 Å². The number of hydrogen-bond acceptors (Lipinski definition) is 3. The summed E-state index contributed by atoms with van der Waals surface area (Å²) in [6, 6.07) is 0. The first-order chi connectivity index (χ1) is 7.35. The van der Waals surface area contributed by atoms with Crippen LogP contribution in [0.15, 0.2) is 0 Å². The molecule has 1 heterocycles. The molecule has 0 spiro atoms. The minimum Gasteiger partial charge on any atom is -0.329 e. The molecule has 1 aliphatic heterocycles. The minimum atomic E-state index is 0.181. The van der Waals surface area contributed by atoms with Crippen molar-refractivity contribution in [1.82, 2.24) is 4.90 Å². The highest BCUT2D eigenvalue weighted by Crippen LogP contribution is 2.45. The molecule has 2 N–H and O–H groups in total. The number of thioether (sulfide) groups is 1. The van der Waals surface area contributed by atoms with Crippen molar-refractivity contribution in [3.8, 4) is 0 Å². The van der Waals surface area contributed by atoms with Gasteiger partial charge in [-0.2, -0.15) is 11.8 Å². The first-order valence-electron chi connectivity index (χ1n) is 6.35. The highest BCUT2D eigenvalue weighted by molar-refractivity contribution is 7.99. The van der Waals surface area contributed by atoms with Gasteiger partial charge < -0.3 is 5.73 Å². The molecule has 0 saturated carbocycles. The summed E-state index contributed by atoms with van der Waals surface area (Å²) in [6.45, 7) is 11.2. The lowest BCUT2D eigenvalue weighted by atomic mass is 9.69. The average Bonchev–Trinajstić information content (AvgIpc) is 2.16. The zero-order valence-corrected chi connectivity index (χ0v) is 12.4. The molecule has 0 aromatic rings. The lowest BCUT2D eigenvalue weighted by Crippen LogP contribution is -2.65. The quantitative estimate of drug-likeness (QED) is 0.823. The summed E-state index contributed by atoms with van der Waals surface area (Å²) in [5.41, 5.74) is 6.65. The second kappa shape index (κ2) is 5.28. The van der Waals surface area contributed by atoms with E-state index in [-0.39, 0.29) is 5.54 Å². The van der Waals surface area contributed by atoms with Crippen LogP contribution in [0, 0.1) is 11.3 Å². The Morgan fingerprint density at radius 3 is 2.44 bits per heavy atom. The highest BCUT2D eigenvalue weighted by atomic mass is 32.2. The zero-order valence-electron chi connectivity index (χ0n) is 11.5. The standard InChI is InChI=1S/C13H28N2S/c1-11(2)8-15(5)13(9-14)10-16-7-6-12(13,3)4/h11H,6-10,14H2,1-5H3. The smallest absolute Gasteiger partial charge is 0.0470 e. The van der Waals surface area contributed by atoms with Gasteiger partial charge in [0.25, 0.3) is 0 Å². The van der Waals surface area contributed by atoms with Crippen molar-refractivity contribution < 1.29 is 0 Å². The molecular weight excluding hydrogens is 216 g/mol. The van der Waals surface area contributed by atoms with E-state index in [9.17, 15) is 0 Å². The maximum absolute atomic E-state index is 6.14. The molecule has 3 heteroatoms. The average molecular weight is 244 g/mol. The van der Waals surface area contributed by atoms with Crippen molar-refractivity contribution in [2.75, 3.05) is 31.6 Å². The van der Waals surface area contributed by atoms with Crippen molar-refractivity contribution in [3.05, 3.63) is 0 Å². The fourth-order valence-corrected chi connectivity index (χ4v) is 4.70. The molecule has 0 bridgehead atoms. The first-order valence-corrected chi connectivity index (χ1v) is 7.50. The number of nitrogens with two attached hydrogens (primary N) is 1. The number of hydrogen-bond donors (Lipinski definition) is 1. The summed E-state index contributed by atoms with van der Waals surface area (Å²) >= 11 is 2.06. The van der Waals surface area contributed by atoms with Gasteiger partial charge in [0.1, 0.15) is 0 Å².